The number of halogens is 3. The third kappa shape index (κ3) is 5.40. The Labute approximate surface area is 155 Å². The van der Waals surface area contributed by atoms with Gasteiger partial charge in [0.25, 0.3) is 0 Å². The molecular weight excluding hydrogens is 359 g/mol. The van der Waals surface area contributed by atoms with Gasteiger partial charge in [0.05, 0.1) is 11.1 Å². The monoisotopic (exact) mass is 381 g/mol. The summed E-state index contributed by atoms with van der Waals surface area (Å²) < 4.78 is 40.0. The van der Waals surface area contributed by atoms with Gasteiger partial charge in [0, 0.05) is 18.8 Å². The molecule has 0 spiro atoms. The van der Waals surface area contributed by atoms with Crippen LogP contribution in [0.2, 0.25) is 0 Å². The minimum absolute atomic E-state index is 0.132. The summed E-state index contributed by atoms with van der Waals surface area (Å²) in [7, 11) is 0. The highest BCUT2D eigenvalue weighted by Crippen LogP contribution is 2.33. The van der Waals surface area contributed by atoms with Crippen LogP contribution in [0, 0.1) is 5.92 Å². The smallest absolute Gasteiger partial charge is 0.383 e. The van der Waals surface area contributed by atoms with Crippen molar-refractivity contribution in [2.45, 2.75) is 32.5 Å². The molecule has 0 amide bonds. The van der Waals surface area contributed by atoms with Crippen LogP contribution in [0.5, 0.6) is 0 Å². The lowest BCUT2D eigenvalue weighted by molar-refractivity contribution is -0.138. The molecule has 0 aliphatic heterocycles. The molecule has 5 N–H and O–H groups in total. The highest BCUT2D eigenvalue weighted by atomic mass is 19.4. The molecule has 1 atom stereocenters. The predicted octanol–water partition coefficient (Wildman–Crippen LogP) is 3.09. The van der Waals surface area contributed by atoms with Crippen molar-refractivity contribution >= 4 is 17.4 Å². The molecule has 146 valence electrons. The third-order valence-corrected chi connectivity index (χ3v) is 3.82. The molecule has 0 bridgehead atoms. The van der Waals surface area contributed by atoms with Gasteiger partial charge in [-0.3, -0.25) is 4.79 Å². The summed E-state index contributed by atoms with van der Waals surface area (Å²) in [6.45, 7) is 4.36. The summed E-state index contributed by atoms with van der Waals surface area (Å²) in [6, 6.07) is 4.54. The van der Waals surface area contributed by atoms with Gasteiger partial charge >= 0.3 is 6.18 Å². The quantitative estimate of drug-likeness (QED) is 0.636. The van der Waals surface area contributed by atoms with Gasteiger partial charge in [-0.05, 0) is 36.6 Å². The van der Waals surface area contributed by atoms with Crippen molar-refractivity contribution in [2.24, 2.45) is 11.7 Å². The Morgan fingerprint density at radius 2 is 1.96 bits per heavy atom. The fourth-order valence-electron chi connectivity index (χ4n) is 2.62. The molecule has 0 aliphatic carbocycles. The van der Waals surface area contributed by atoms with Gasteiger partial charge in [-0.1, -0.05) is 13.8 Å². The fourth-order valence-corrected chi connectivity index (χ4v) is 2.62. The molecule has 27 heavy (non-hydrogen) atoms. The molecule has 0 radical (unpaired) electrons. The number of alkyl halides is 3. The van der Waals surface area contributed by atoms with Crippen molar-refractivity contribution in [3.05, 3.63) is 47.3 Å². The van der Waals surface area contributed by atoms with Gasteiger partial charge in [-0.15, -0.1) is 0 Å². The van der Waals surface area contributed by atoms with Crippen LogP contribution in [0.4, 0.5) is 24.8 Å². The maximum Gasteiger partial charge on any atom is 0.418 e. The van der Waals surface area contributed by atoms with Crippen LogP contribution in [-0.2, 0) is 6.18 Å². The average Bonchev–Trinajstić information content (AvgIpc) is 2.58. The van der Waals surface area contributed by atoms with Crippen LogP contribution in [0.15, 0.2) is 30.5 Å². The third-order valence-electron chi connectivity index (χ3n) is 3.82. The molecule has 2 rings (SSSR count). The number of nitrogen functional groups attached to an aromatic ring is 1. The topological polar surface area (TPSA) is 107 Å². The Hall–Kier alpha value is -2.68. The second kappa shape index (κ2) is 8.34. The Balaban J connectivity index is 2.35. The van der Waals surface area contributed by atoms with Gasteiger partial charge in [0.15, 0.2) is 0 Å². The fraction of sp³-hybridized carbons (Fsp3) is 0.389. The second-order valence-electron chi connectivity index (χ2n) is 6.63. The molecule has 0 fully saturated rings. The maximum absolute atomic E-state index is 13.3. The summed E-state index contributed by atoms with van der Waals surface area (Å²) >= 11 is 0. The highest BCUT2D eigenvalue weighted by Gasteiger charge is 2.37. The highest BCUT2D eigenvalue weighted by molar-refractivity contribution is 6.11. The van der Waals surface area contributed by atoms with Gasteiger partial charge in [-0.25, -0.2) is 9.97 Å². The number of pyridine rings is 2. The lowest BCUT2D eigenvalue weighted by atomic mass is 10.0. The number of anilines is 2. The van der Waals surface area contributed by atoms with Crippen LogP contribution in [-0.4, -0.2) is 28.3 Å². The number of nitrogens with zero attached hydrogens (tertiary/aromatic N) is 2. The molecule has 0 unspecified atom stereocenters. The molecule has 0 saturated heterocycles. The van der Waals surface area contributed by atoms with E-state index in [-0.39, 0.29) is 23.2 Å². The van der Waals surface area contributed by atoms with Crippen molar-refractivity contribution < 1.29 is 18.0 Å². The van der Waals surface area contributed by atoms with E-state index in [1.807, 2.05) is 13.8 Å². The lowest BCUT2D eigenvalue weighted by Gasteiger charge is -2.17. The number of aromatic nitrogens is 2. The lowest BCUT2D eigenvalue weighted by Crippen LogP contribution is -2.31. The van der Waals surface area contributed by atoms with Crippen molar-refractivity contribution in [1.82, 2.24) is 9.97 Å². The standard InChI is InChI=1S/C18H22F3N5O/c1-10(2)8-11(22)9-25-14-6-5-13(18(19,20)21)15(26-14)16(27)12-4-3-7-24-17(12)23/h3-7,10-11H,8-9,22H2,1-2H3,(H2,23,24)(H,25,26)/t11-/m0/s1. The summed E-state index contributed by atoms with van der Waals surface area (Å²) in [4.78, 5) is 20.3. The minimum Gasteiger partial charge on any atom is -0.383 e. The number of hydrogen-bond donors (Lipinski definition) is 3. The largest absolute Gasteiger partial charge is 0.418 e. The number of carbonyl (C=O) groups excluding carboxylic acids is 1. The van der Waals surface area contributed by atoms with Crippen LogP contribution in [0.3, 0.4) is 0 Å². The first-order valence-electron chi connectivity index (χ1n) is 8.42. The zero-order valence-electron chi connectivity index (χ0n) is 15.0. The summed E-state index contributed by atoms with van der Waals surface area (Å²) in [5, 5.41) is 2.89. The van der Waals surface area contributed by atoms with E-state index in [4.69, 9.17) is 11.5 Å². The predicted molar refractivity (Wildman–Crippen MR) is 97.2 cm³/mol. The molecule has 2 heterocycles. The van der Waals surface area contributed by atoms with Crippen LogP contribution < -0.4 is 16.8 Å². The van der Waals surface area contributed by atoms with E-state index in [0.717, 1.165) is 12.5 Å². The Morgan fingerprint density at radius 3 is 2.56 bits per heavy atom. The summed E-state index contributed by atoms with van der Waals surface area (Å²) in [5.74, 6) is -0.584. The first-order chi connectivity index (χ1) is 12.6. The van der Waals surface area contributed by atoms with Gasteiger partial charge in [-0.2, -0.15) is 13.2 Å². The van der Waals surface area contributed by atoms with Crippen molar-refractivity contribution in [3.63, 3.8) is 0 Å². The number of carbonyl (C=O) groups is 1. The van der Waals surface area contributed by atoms with Gasteiger partial charge in [0.1, 0.15) is 17.3 Å². The molecule has 0 aliphatic rings. The Morgan fingerprint density at radius 1 is 1.26 bits per heavy atom. The molecule has 2 aromatic rings. The SMILES string of the molecule is CC(C)C[C@H](N)CNc1ccc(C(F)(F)F)c(C(=O)c2cccnc2N)n1. The van der Waals surface area contributed by atoms with E-state index in [0.29, 0.717) is 12.5 Å². The molecule has 0 saturated carbocycles. The van der Waals surface area contributed by atoms with Crippen LogP contribution >= 0.6 is 0 Å². The van der Waals surface area contributed by atoms with E-state index >= 15 is 0 Å². The van der Waals surface area contributed by atoms with E-state index in [1.165, 1.54) is 24.4 Å². The zero-order chi connectivity index (χ0) is 20.2. The van der Waals surface area contributed by atoms with Gasteiger partial charge < -0.3 is 16.8 Å². The zero-order valence-corrected chi connectivity index (χ0v) is 15.0. The summed E-state index contributed by atoms with van der Waals surface area (Å²) in [5.41, 5.74) is 9.60. The number of ketones is 1. The first-order valence-corrected chi connectivity index (χ1v) is 8.42. The van der Waals surface area contributed by atoms with E-state index < -0.39 is 23.2 Å². The number of nitrogens with two attached hydrogens (primary N) is 2. The first kappa shape index (κ1) is 20.6. The van der Waals surface area contributed by atoms with Crippen LogP contribution in [0.1, 0.15) is 41.9 Å². The summed E-state index contributed by atoms with van der Waals surface area (Å²) in [6.07, 6.45) is -2.65. The van der Waals surface area contributed by atoms with E-state index in [9.17, 15) is 18.0 Å². The van der Waals surface area contributed by atoms with Gasteiger partial charge in [0.2, 0.25) is 5.78 Å². The van der Waals surface area contributed by atoms with Crippen molar-refractivity contribution in [1.29, 1.82) is 0 Å². The minimum atomic E-state index is -4.73. The molecular formula is C18H22F3N5O. The van der Waals surface area contributed by atoms with Crippen molar-refractivity contribution in [2.75, 3.05) is 17.6 Å². The Kier molecular flexibility index (Phi) is 6.37. The Bertz CT molecular complexity index is 808. The van der Waals surface area contributed by atoms with E-state index in [2.05, 4.69) is 15.3 Å². The average molecular weight is 381 g/mol. The number of nitrogens with one attached hydrogen (secondary N) is 1. The molecule has 0 aromatic carbocycles. The maximum atomic E-state index is 13.3. The van der Waals surface area contributed by atoms with E-state index in [1.54, 1.807) is 0 Å². The molecule has 2 aromatic heterocycles. The number of hydrogen-bond acceptors (Lipinski definition) is 6. The van der Waals surface area contributed by atoms with Crippen molar-refractivity contribution in [3.8, 4) is 0 Å². The normalized spacial score (nSPS) is 12.9. The second-order valence-corrected chi connectivity index (χ2v) is 6.63. The number of rotatable bonds is 7. The molecule has 9 heteroatoms. The van der Waals surface area contributed by atoms with Crippen LogP contribution in [0.25, 0.3) is 0 Å². The molecule has 6 nitrogen and oxygen atoms in total.